The lowest BCUT2D eigenvalue weighted by Gasteiger charge is -2.34. The van der Waals surface area contributed by atoms with E-state index in [0.29, 0.717) is 6.42 Å². The van der Waals surface area contributed by atoms with Gasteiger partial charge < -0.3 is 5.32 Å². The number of hydrogen-bond acceptors (Lipinski definition) is 2. The highest BCUT2D eigenvalue weighted by Gasteiger charge is 2.31. The van der Waals surface area contributed by atoms with Crippen molar-refractivity contribution in [2.75, 3.05) is 0 Å². The van der Waals surface area contributed by atoms with E-state index in [1.165, 1.54) is 135 Å². The summed E-state index contributed by atoms with van der Waals surface area (Å²) in [5.74, 6) is 0.0715. The summed E-state index contributed by atoms with van der Waals surface area (Å²) in [7, 11) is 0. The average molecular weight is 547 g/mol. The molecule has 1 N–H and O–H groups in total. The molecule has 0 aromatic heterocycles. The number of rotatable bonds is 22. The third-order valence-electron chi connectivity index (χ3n) is 9.35. The Balaban J connectivity index is 1.44. The monoisotopic (exact) mass is 547 g/mol. The van der Waals surface area contributed by atoms with Crippen molar-refractivity contribution in [3.05, 3.63) is 0 Å². The highest BCUT2D eigenvalue weighted by Crippen LogP contribution is 2.25. The van der Waals surface area contributed by atoms with Crippen LogP contribution in [0.2, 0.25) is 0 Å². The highest BCUT2D eigenvalue weighted by molar-refractivity contribution is 5.95. The summed E-state index contributed by atoms with van der Waals surface area (Å²) in [6, 6.07) is 0.284. The maximum atomic E-state index is 13.2. The molecule has 0 aromatic rings. The predicted octanol–water partition coefficient (Wildman–Crippen LogP) is 11.0. The van der Waals surface area contributed by atoms with Gasteiger partial charge in [-0.2, -0.15) is 0 Å². The zero-order chi connectivity index (χ0) is 27.8. The molecule has 0 spiro atoms. The van der Waals surface area contributed by atoms with Gasteiger partial charge in [-0.15, -0.1) is 0 Å². The van der Waals surface area contributed by atoms with Gasteiger partial charge in [0.05, 0.1) is 0 Å². The molecule has 0 saturated heterocycles. The highest BCUT2D eigenvalue weighted by atomic mass is 16.2. The lowest BCUT2D eigenvalue weighted by Crippen LogP contribution is -2.52. The van der Waals surface area contributed by atoms with Crippen LogP contribution in [0.25, 0.3) is 0 Å². The van der Waals surface area contributed by atoms with E-state index in [1.807, 2.05) is 0 Å². The van der Waals surface area contributed by atoms with Crippen molar-refractivity contribution in [3.63, 3.8) is 0 Å². The zero-order valence-corrected chi connectivity index (χ0v) is 26.1. The maximum absolute atomic E-state index is 13.2. The van der Waals surface area contributed by atoms with E-state index in [-0.39, 0.29) is 24.0 Å². The van der Waals surface area contributed by atoms with E-state index in [2.05, 4.69) is 12.2 Å². The van der Waals surface area contributed by atoms with Crippen molar-refractivity contribution >= 4 is 11.9 Å². The fraction of sp³-hybridized carbons (Fsp3) is 0.943. The Hall–Kier alpha value is -1.06. The Labute approximate surface area is 243 Å². The van der Waals surface area contributed by atoms with Crippen LogP contribution in [0.3, 0.4) is 0 Å². The molecule has 39 heavy (non-hydrogen) atoms. The molecule has 0 bridgehead atoms. The number of imide groups is 1. The normalized spacial score (nSPS) is 16.8. The molecular weight excluding hydrogens is 480 g/mol. The molecule has 3 amide bonds. The van der Waals surface area contributed by atoms with Gasteiger partial charge in [0.15, 0.2) is 0 Å². The minimum absolute atomic E-state index is 0.0715. The third kappa shape index (κ3) is 16.7. The Morgan fingerprint density at radius 1 is 0.538 bits per heavy atom. The van der Waals surface area contributed by atoms with Crippen molar-refractivity contribution in [1.82, 2.24) is 10.2 Å². The van der Waals surface area contributed by atoms with Crippen LogP contribution in [0.15, 0.2) is 0 Å². The van der Waals surface area contributed by atoms with E-state index in [0.717, 1.165) is 51.4 Å². The van der Waals surface area contributed by atoms with Crippen LogP contribution in [-0.4, -0.2) is 28.9 Å². The minimum Gasteiger partial charge on any atom is -0.335 e. The molecule has 0 unspecified atom stereocenters. The SMILES string of the molecule is CCCCCCCCCCCCCCCCCCCCCC(=O)N(C(=O)NC1CCCCC1)C1CCCCC1. The Morgan fingerprint density at radius 3 is 1.36 bits per heavy atom. The number of nitrogens with one attached hydrogen (secondary N) is 1. The minimum atomic E-state index is -0.100. The molecule has 0 aromatic carbocycles. The molecule has 2 aliphatic rings. The fourth-order valence-corrected chi connectivity index (χ4v) is 6.79. The molecule has 0 radical (unpaired) electrons. The molecule has 4 nitrogen and oxygen atoms in total. The van der Waals surface area contributed by atoms with Gasteiger partial charge in [-0.1, -0.05) is 161 Å². The van der Waals surface area contributed by atoms with Crippen molar-refractivity contribution in [2.45, 2.75) is 212 Å². The van der Waals surface area contributed by atoms with Crippen molar-refractivity contribution in [1.29, 1.82) is 0 Å². The standard InChI is InChI=1S/C35H66N2O2/c1-2-3-4-5-6-7-8-9-10-11-12-13-14-15-16-17-18-19-26-31-34(38)37(33-29-24-21-25-30-33)35(39)36-32-27-22-20-23-28-32/h32-33H,2-31H2,1H3,(H,36,39). The summed E-state index contributed by atoms with van der Waals surface area (Å²) in [4.78, 5) is 28.0. The van der Waals surface area contributed by atoms with Gasteiger partial charge in [0.1, 0.15) is 0 Å². The number of unbranched alkanes of at least 4 members (excludes halogenated alkanes) is 18. The molecule has 2 rings (SSSR count). The molecule has 0 atom stereocenters. The van der Waals surface area contributed by atoms with Gasteiger partial charge in [-0.05, 0) is 32.1 Å². The van der Waals surface area contributed by atoms with Gasteiger partial charge in [-0.3, -0.25) is 9.69 Å². The molecule has 0 aliphatic heterocycles. The molecule has 4 heteroatoms. The summed E-state index contributed by atoms with van der Waals surface area (Å²) in [6.07, 6.45) is 37.7. The first-order valence-corrected chi connectivity index (χ1v) is 17.8. The predicted molar refractivity (Wildman–Crippen MR) is 167 cm³/mol. The third-order valence-corrected chi connectivity index (χ3v) is 9.35. The van der Waals surface area contributed by atoms with E-state index >= 15 is 0 Å². The smallest absolute Gasteiger partial charge is 0.324 e. The van der Waals surface area contributed by atoms with Crippen LogP contribution in [0.4, 0.5) is 4.79 Å². The van der Waals surface area contributed by atoms with Gasteiger partial charge in [0.25, 0.3) is 0 Å². The summed E-state index contributed by atoms with van der Waals surface area (Å²) >= 11 is 0. The second kappa shape index (κ2) is 23.6. The van der Waals surface area contributed by atoms with Crippen LogP contribution in [0, 0.1) is 0 Å². The number of carbonyl (C=O) groups is 2. The second-order valence-electron chi connectivity index (χ2n) is 13.0. The first-order chi connectivity index (χ1) is 19.2. The lowest BCUT2D eigenvalue weighted by atomic mass is 9.93. The van der Waals surface area contributed by atoms with Crippen LogP contribution in [0.5, 0.6) is 0 Å². The number of amides is 3. The van der Waals surface area contributed by atoms with Gasteiger partial charge in [-0.25, -0.2) is 4.79 Å². The van der Waals surface area contributed by atoms with Crippen LogP contribution < -0.4 is 5.32 Å². The summed E-state index contributed by atoms with van der Waals surface area (Å²) in [6.45, 7) is 2.29. The second-order valence-corrected chi connectivity index (χ2v) is 13.0. The Kier molecular flexibility index (Phi) is 20.7. The fourth-order valence-electron chi connectivity index (χ4n) is 6.79. The number of hydrogen-bond donors (Lipinski definition) is 1. The molecule has 2 aliphatic carbocycles. The quantitative estimate of drug-likeness (QED) is 0.137. The molecule has 2 fully saturated rings. The van der Waals surface area contributed by atoms with E-state index in [1.54, 1.807) is 4.90 Å². The largest absolute Gasteiger partial charge is 0.335 e. The van der Waals surface area contributed by atoms with Crippen molar-refractivity contribution < 1.29 is 9.59 Å². The van der Waals surface area contributed by atoms with E-state index < -0.39 is 0 Å². The van der Waals surface area contributed by atoms with Gasteiger partial charge >= 0.3 is 6.03 Å². The first kappa shape index (κ1) is 34.1. The van der Waals surface area contributed by atoms with Gasteiger partial charge in [0.2, 0.25) is 5.91 Å². The van der Waals surface area contributed by atoms with Crippen LogP contribution in [0.1, 0.15) is 200 Å². The number of carbonyl (C=O) groups excluding carboxylic acids is 2. The summed E-state index contributed by atoms with van der Waals surface area (Å²) < 4.78 is 0. The number of nitrogens with zero attached hydrogens (tertiary/aromatic N) is 1. The summed E-state index contributed by atoms with van der Waals surface area (Å²) in [5, 5.41) is 3.23. The summed E-state index contributed by atoms with van der Waals surface area (Å²) in [5.41, 5.74) is 0. The molecular formula is C35H66N2O2. The average Bonchev–Trinajstić information content (AvgIpc) is 2.95. The zero-order valence-electron chi connectivity index (χ0n) is 26.1. The topological polar surface area (TPSA) is 49.4 Å². The maximum Gasteiger partial charge on any atom is 0.324 e. The van der Waals surface area contributed by atoms with Crippen LogP contribution in [-0.2, 0) is 4.79 Å². The van der Waals surface area contributed by atoms with E-state index in [4.69, 9.17) is 0 Å². The molecule has 2 saturated carbocycles. The Bertz CT molecular complexity index is 595. The van der Waals surface area contributed by atoms with Gasteiger partial charge in [0, 0.05) is 18.5 Å². The van der Waals surface area contributed by atoms with Crippen LogP contribution >= 0.6 is 0 Å². The molecule has 0 heterocycles. The Morgan fingerprint density at radius 2 is 0.923 bits per heavy atom. The number of urea groups is 1. The lowest BCUT2D eigenvalue weighted by molar-refractivity contribution is -0.130. The molecule has 228 valence electrons. The van der Waals surface area contributed by atoms with Crippen molar-refractivity contribution in [3.8, 4) is 0 Å². The first-order valence-electron chi connectivity index (χ1n) is 17.8. The van der Waals surface area contributed by atoms with E-state index in [9.17, 15) is 9.59 Å². The van der Waals surface area contributed by atoms with Crippen molar-refractivity contribution in [2.24, 2.45) is 0 Å².